The van der Waals surface area contributed by atoms with Gasteiger partial charge in [0.25, 0.3) is 0 Å². The van der Waals surface area contributed by atoms with Crippen LogP contribution in [0.2, 0.25) is 0 Å². The topological polar surface area (TPSA) is 0 Å². The van der Waals surface area contributed by atoms with Crippen LogP contribution in [0.1, 0.15) is 39.0 Å². The van der Waals surface area contributed by atoms with Crippen molar-refractivity contribution < 1.29 is 0 Å². The molecule has 0 aromatic carbocycles. The maximum Gasteiger partial charge on any atom is -0.0210 e. The van der Waals surface area contributed by atoms with Crippen LogP contribution in [0.15, 0.2) is 0 Å². The zero-order valence-electron chi connectivity index (χ0n) is 6.19. The molecule has 0 bridgehead atoms. The summed E-state index contributed by atoms with van der Waals surface area (Å²) in [5, 5.41) is 0. The molecule has 0 saturated heterocycles. The van der Waals surface area contributed by atoms with Gasteiger partial charge in [-0.2, -0.15) is 0 Å². The smallest absolute Gasteiger partial charge is 0.0210 e. The van der Waals surface area contributed by atoms with Crippen LogP contribution in [0.25, 0.3) is 0 Å². The summed E-state index contributed by atoms with van der Waals surface area (Å²) >= 11 is 0. The van der Waals surface area contributed by atoms with Crippen molar-refractivity contribution in [3.05, 3.63) is 5.92 Å². The van der Waals surface area contributed by atoms with Gasteiger partial charge in [0.05, 0.1) is 0 Å². The Kier molecular flexibility index (Phi) is 1.28. The van der Waals surface area contributed by atoms with E-state index in [1.807, 2.05) is 5.92 Å². The van der Waals surface area contributed by atoms with E-state index in [9.17, 15) is 0 Å². The minimum atomic E-state index is 0.999. The first-order chi connectivity index (χ1) is 4.38. The molecular weight excluding hydrogens is 108 g/mol. The summed E-state index contributed by atoms with van der Waals surface area (Å²) in [6.07, 6.45) is 7.43. The lowest BCUT2D eigenvalue weighted by Crippen LogP contribution is -2.18. The van der Waals surface area contributed by atoms with E-state index in [2.05, 4.69) is 6.92 Å². The molecule has 2 aliphatic rings. The summed E-state index contributed by atoms with van der Waals surface area (Å²) in [5.41, 5.74) is 0. The SMILES string of the molecule is CC([C]1CCC1)C1CC1. The minimum absolute atomic E-state index is 0.999. The van der Waals surface area contributed by atoms with Gasteiger partial charge in [0, 0.05) is 0 Å². The summed E-state index contributed by atoms with van der Waals surface area (Å²) in [6, 6.07) is 0. The highest BCUT2D eigenvalue weighted by atomic mass is 14.4. The lowest BCUT2D eigenvalue weighted by atomic mass is 9.75. The molecule has 2 rings (SSSR count). The van der Waals surface area contributed by atoms with Gasteiger partial charge < -0.3 is 0 Å². The number of hydrogen-bond donors (Lipinski definition) is 0. The van der Waals surface area contributed by atoms with Crippen molar-refractivity contribution in [2.24, 2.45) is 11.8 Å². The molecule has 0 nitrogen and oxygen atoms in total. The second kappa shape index (κ2) is 2.00. The summed E-state index contributed by atoms with van der Waals surface area (Å²) in [5.74, 6) is 3.98. The van der Waals surface area contributed by atoms with Crippen LogP contribution in [0.4, 0.5) is 0 Å². The van der Waals surface area contributed by atoms with Crippen molar-refractivity contribution in [2.45, 2.75) is 39.0 Å². The summed E-state index contributed by atoms with van der Waals surface area (Å²) in [6.45, 7) is 2.42. The molecule has 51 valence electrons. The third-order valence-electron chi connectivity index (χ3n) is 2.97. The second-order valence-corrected chi connectivity index (χ2v) is 3.64. The molecular formula is C9H15. The standard InChI is InChI=1S/C9H15/c1-7(9-5-6-9)8-3-2-4-8/h7,9H,2-6H2,1H3. The normalized spacial score (nSPS) is 31.7. The zero-order chi connectivity index (χ0) is 6.27. The molecule has 0 amide bonds. The Balaban J connectivity index is 1.81. The molecule has 1 atom stereocenters. The Morgan fingerprint density at radius 2 is 2.00 bits per heavy atom. The van der Waals surface area contributed by atoms with Gasteiger partial charge >= 0.3 is 0 Å². The Morgan fingerprint density at radius 3 is 2.33 bits per heavy atom. The fraction of sp³-hybridized carbons (Fsp3) is 0.889. The van der Waals surface area contributed by atoms with Crippen LogP contribution in [-0.2, 0) is 0 Å². The van der Waals surface area contributed by atoms with Gasteiger partial charge in [-0.05, 0) is 43.4 Å². The van der Waals surface area contributed by atoms with Crippen LogP contribution in [0, 0.1) is 17.8 Å². The third kappa shape index (κ3) is 0.997. The summed E-state index contributed by atoms with van der Waals surface area (Å²) in [7, 11) is 0. The predicted octanol–water partition coefficient (Wildman–Crippen LogP) is 2.79. The first kappa shape index (κ1) is 5.76. The van der Waals surface area contributed by atoms with Crippen molar-refractivity contribution in [1.29, 1.82) is 0 Å². The van der Waals surface area contributed by atoms with E-state index in [0.717, 1.165) is 11.8 Å². The molecule has 0 spiro atoms. The third-order valence-corrected chi connectivity index (χ3v) is 2.97. The van der Waals surface area contributed by atoms with E-state index in [1.54, 1.807) is 0 Å². The van der Waals surface area contributed by atoms with Crippen LogP contribution in [0.3, 0.4) is 0 Å². The van der Waals surface area contributed by atoms with E-state index < -0.39 is 0 Å². The molecule has 1 radical (unpaired) electrons. The van der Waals surface area contributed by atoms with Gasteiger partial charge in [-0.1, -0.05) is 13.3 Å². The molecule has 0 heteroatoms. The lowest BCUT2D eigenvalue weighted by Gasteiger charge is -2.30. The van der Waals surface area contributed by atoms with E-state index in [-0.39, 0.29) is 0 Å². The average Bonchev–Trinajstić information content (AvgIpc) is 2.37. The van der Waals surface area contributed by atoms with Gasteiger partial charge in [0.2, 0.25) is 0 Å². The zero-order valence-corrected chi connectivity index (χ0v) is 6.19. The van der Waals surface area contributed by atoms with E-state index >= 15 is 0 Å². The maximum atomic E-state index is 2.42. The highest BCUT2D eigenvalue weighted by molar-refractivity contribution is 5.06. The van der Waals surface area contributed by atoms with Gasteiger partial charge in [-0.3, -0.25) is 0 Å². The monoisotopic (exact) mass is 123 g/mol. The van der Waals surface area contributed by atoms with Crippen LogP contribution < -0.4 is 0 Å². The number of rotatable bonds is 2. The van der Waals surface area contributed by atoms with E-state index in [0.29, 0.717) is 0 Å². The first-order valence-corrected chi connectivity index (χ1v) is 4.22. The van der Waals surface area contributed by atoms with Gasteiger partial charge in [-0.25, -0.2) is 0 Å². The predicted molar refractivity (Wildman–Crippen MR) is 39.0 cm³/mol. The largest absolute Gasteiger partial charge is 0.0617 e. The lowest BCUT2D eigenvalue weighted by molar-refractivity contribution is 0.386. The Morgan fingerprint density at radius 1 is 1.33 bits per heavy atom. The first-order valence-electron chi connectivity index (χ1n) is 4.22. The molecule has 0 N–H and O–H groups in total. The highest BCUT2D eigenvalue weighted by Gasteiger charge is 2.35. The van der Waals surface area contributed by atoms with Crippen molar-refractivity contribution in [3.63, 3.8) is 0 Å². The molecule has 2 saturated carbocycles. The van der Waals surface area contributed by atoms with E-state index in [1.165, 1.54) is 32.1 Å². The van der Waals surface area contributed by atoms with Crippen LogP contribution >= 0.6 is 0 Å². The molecule has 2 fully saturated rings. The molecule has 9 heavy (non-hydrogen) atoms. The molecule has 0 aromatic rings. The Bertz CT molecular complexity index is 98.6. The molecule has 0 aromatic heterocycles. The van der Waals surface area contributed by atoms with Crippen molar-refractivity contribution in [1.82, 2.24) is 0 Å². The van der Waals surface area contributed by atoms with Crippen molar-refractivity contribution in [2.75, 3.05) is 0 Å². The van der Waals surface area contributed by atoms with Crippen molar-refractivity contribution in [3.8, 4) is 0 Å². The molecule has 1 unspecified atom stereocenters. The average molecular weight is 123 g/mol. The van der Waals surface area contributed by atoms with Gasteiger partial charge in [0.1, 0.15) is 0 Å². The van der Waals surface area contributed by atoms with E-state index in [4.69, 9.17) is 0 Å². The Labute approximate surface area is 57.6 Å². The van der Waals surface area contributed by atoms with Crippen LogP contribution in [0.5, 0.6) is 0 Å². The van der Waals surface area contributed by atoms with Crippen molar-refractivity contribution >= 4 is 0 Å². The van der Waals surface area contributed by atoms with Gasteiger partial charge in [-0.15, -0.1) is 0 Å². The fourth-order valence-electron chi connectivity index (χ4n) is 1.77. The quantitative estimate of drug-likeness (QED) is 0.529. The highest BCUT2D eigenvalue weighted by Crippen LogP contribution is 2.47. The Hall–Kier alpha value is 0. The van der Waals surface area contributed by atoms with Crippen LogP contribution in [-0.4, -0.2) is 0 Å². The molecule has 0 heterocycles. The molecule has 2 aliphatic carbocycles. The van der Waals surface area contributed by atoms with Gasteiger partial charge in [0.15, 0.2) is 0 Å². The maximum absolute atomic E-state index is 2.42. The fourth-order valence-corrected chi connectivity index (χ4v) is 1.77. The summed E-state index contributed by atoms with van der Waals surface area (Å²) < 4.78 is 0. The minimum Gasteiger partial charge on any atom is -0.0617 e. The summed E-state index contributed by atoms with van der Waals surface area (Å²) in [4.78, 5) is 0. The second-order valence-electron chi connectivity index (χ2n) is 3.64. The number of hydrogen-bond acceptors (Lipinski definition) is 0. The molecule has 0 aliphatic heterocycles.